The van der Waals surface area contributed by atoms with E-state index in [2.05, 4.69) is 29.1 Å². The Bertz CT molecular complexity index is 1560. The van der Waals surface area contributed by atoms with Crippen LogP contribution < -0.4 is 10.1 Å². The molecule has 0 saturated heterocycles. The molecule has 0 bridgehead atoms. The van der Waals surface area contributed by atoms with Crippen molar-refractivity contribution in [2.75, 3.05) is 13.2 Å². The van der Waals surface area contributed by atoms with Crippen LogP contribution in [0.2, 0.25) is 0 Å². The summed E-state index contributed by atoms with van der Waals surface area (Å²) in [6.07, 6.45) is 15.6. The van der Waals surface area contributed by atoms with Crippen LogP contribution in [0.25, 0.3) is 0 Å². The molecule has 2 aromatic rings. The summed E-state index contributed by atoms with van der Waals surface area (Å²) < 4.78 is 22.3. The molecule has 11 heteroatoms. The average molecular weight is 765 g/mol. The molecule has 0 aliphatic heterocycles. The third kappa shape index (κ3) is 18.6. The number of benzene rings is 1. The van der Waals surface area contributed by atoms with Gasteiger partial charge in [-0.05, 0) is 78.0 Å². The molecule has 55 heavy (non-hydrogen) atoms. The Kier molecular flexibility index (Phi) is 21.1. The molecule has 0 aliphatic carbocycles. The molecule has 0 fully saturated rings. The van der Waals surface area contributed by atoms with E-state index in [0.29, 0.717) is 36.6 Å². The number of hydrogen-bond acceptors (Lipinski definition) is 10. The molecule has 1 aromatic carbocycles. The summed E-state index contributed by atoms with van der Waals surface area (Å²) in [6, 6.07) is 6.57. The minimum Gasteiger partial charge on any atom is -0.481 e. The van der Waals surface area contributed by atoms with Crippen LogP contribution >= 0.6 is 0 Å². The van der Waals surface area contributed by atoms with Gasteiger partial charge in [-0.2, -0.15) is 0 Å². The fraction of sp³-hybridized carbons (Fsp3) is 0.614. The zero-order valence-corrected chi connectivity index (χ0v) is 34.2. The number of Topliss-reactive ketones (excluding diaryl/α,β-unsaturated/α-hetero) is 1. The minimum absolute atomic E-state index is 0.253. The number of allylic oxidation sites excluding steroid dienone is 1. The number of aliphatic hydroxyl groups is 1. The van der Waals surface area contributed by atoms with Crippen LogP contribution in [0, 0.1) is 24.7 Å². The van der Waals surface area contributed by atoms with Gasteiger partial charge in [0.05, 0.1) is 18.7 Å². The molecule has 0 aliphatic rings. The number of oxazole rings is 1. The number of ketones is 1. The lowest BCUT2D eigenvalue weighted by Gasteiger charge is -2.34. The predicted octanol–water partition coefficient (Wildman–Crippen LogP) is 8.25. The number of aromatic nitrogens is 1. The normalized spacial score (nSPS) is 13.6. The molecular formula is C44H64N2O9. The van der Waals surface area contributed by atoms with Crippen molar-refractivity contribution in [2.24, 2.45) is 5.92 Å². The Morgan fingerprint density at radius 2 is 1.64 bits per heavy atom. The van der Waals surface area contributed by atoms with Gasteiger partial charge in [0.2, 0.25) is 11.8 Å². The smallest absolute Gasteiger partial charge is 0.339 e. The molecule has 2 rings (SSSR count). The van der Waals surface area contributed by atoms with E-state index in [4.69, 9.17) is 18.6 Å². The first-order chi connectivity index (χ1) is 26.2. The van der Waals surface area contributed by atoms with Crippen LogP contribution in [0.15, 0.2) is 47.0 Å². The molecular weight excluding hydrogens is 700 g/mol. The van der Waals surface area contributed by atoms with Gasteiger partial charge < -0.3 is 29.1 Å². The third-order valence-corrected chi connectivity index (χ3v) is 8.91. The standard InChI is InChI=1S/C44H64N2O9/c1-8-10-12-15-18-21-36(48)22-19-16-13-14-17-20-23-38(44(51,28-30-52-34(4)47)42(50)55-43(5,6)7)40(49)46-39(41-45-32-33(3)54-41)31-35-24-26-37(27-25-35)53-29-11-9-2/h20,23-27,32,38-39,51H,8,10,12-19,21-22,28-31H2,1-7H3,(H,46,49)/b23-20+/t38-,39+,44+/m1/s1. The van der Waals surface area contributed by atoms with E-state index in [0.717, 1.165) is 44.1 Å². The second-order valence-corrected chi connectivity index (χ2v) is 15.0. The van der Waals surface area contributed by atoms with E-state index >= 15 is 0 Å². The van der Waals surface area contributed by atoms with Crippen molar-refractivity contribution in [1.82, 2.24) is 10.3 Å². The molecule has 1 aromatic heterocycles. The van der Waals surface area contributed by atoms with Crippen LogP contribution in [0.1, 0.15) is 148 Å². The number of ether oxygens (including phenoxy) is 3. The van der Waals surface area contributed by atoms with Crippen molar-refractivity contribution in [2.45, 2.75) is 156 Å². The molecule has 1 heterocycles. The first-order valence-corrected chi connectivity index (χ1v) is 19.8. The van der Waals surface area contributed by atoms with E-state index in [1.54, 1.807) is 46.9 Å². The Morgan fingerprint density at radius 1 is 0.982 bits per heavy atom. The molecule has 0 saturated carbocycles. The number of esters is 2. The molecule has 11 nitrogen and oxygen atoms in total. The van der Waals surface area contributed by atoms with Crippen LogP contribution in [-0.2, 0) is 35.1 Å². The highest BCUT2D eigenvalue weighted by molar-refractivity contribution is 5.91. The second-order valence-electron chi connectivity index (χ2n) is 15.0. The topological polar surface area (TPSA) is 154 Å². The van der Waals surface area contributed by atoms with E-state index in [9.17, 15) is 24.3 Å². The summed E-state index contributed by atoms with van der Waals surface area (Å²) in [5.74, 6) is 3.71. The van der Waals surface area contributed by atoms with Crippen molar-refractivity contribution in [3.05, 3.63) is 59.8 Å². The van der Waals surface area contributed by atoms with Crippen molar-refractivity contribution in [3.63, 3.8) is 0 Å². The van der Waals surface area contributed by atoms with Gasteiger partial charge in [-0.15, -0.1) is 5.92 Å². The molecule has 0 unspecified atom stereocenters. The fourth-order valence-corrected chi connectivity index (χ4v) is 5.93. The molecule has 3 atom stereocenters. The maximum atomic E-state index is 14.4. The van der Waals surface area contributed by atoms with Gasteiger partial charge in [0.1, 0.15) is 35.5 Å². The Balaban J connectivity index is 2.28. The summed E-state index contributed by atoms with van der Waals surface area (Å²) in [4.78, 5) is 56.4. The maximum absolute atomic E-state index is 14.4. The summed E-state index contributed by atoms with van der Waals surface area (Å²) in [5, 5.41) is 15.1. The molecule has 0 radical (unpaired) electrons. The number of unbranched alkanes of at least 4 members (excludes halogenated alkanes) is 8. The molecule has 2 N–H and O–H groups in total. The zero-order valence-electron chi connectivity index (χ0n) is 34.2. The first-order valence-electron chi connectivity index (χ1n) is 19.8. The average Bonchev–Trinajstić information content (AvgIpc) is 3.56. The van der Waals surface area contributed by atoms with E-state index in [1.165, 1.54) is 32.3 Å². The number of hydrogen-bond donors (Lipinski definition) is 2. The quantitative estimate of drug-likeness (QED) is 0.0414. The van der Waals surface area contributed by atoms with E-state index in [-0.39, 0.29) is 31.9 Å². The highest BCUT2D eigenvalue weighted by Gasteiger charge is 2.49. The highest BCUT2D eigenvalue weighted by atomic mass is 16.6. The van der Waals surface area contributed by atoms with Gasteiger partial charge in [-0.1, -0.05) is 75.7 Å². The number of carbonyl (C=O) groups is 4. The van der Waals surface area contributed by atoms with Crippen molar-refractivity contribution < 1.29 is 42.9 Å². The van der Waals surface area contributed by atoms with Gasteiger partial charge in [0.15, 0.2) is 5.60 Å². The van der Waals surface area contributed by atoms with Crippen molar-refractivity contribution in [3.8, 4) is 17.6 Å². The largest absolute Gasteiger partial charge is 0.481 e. The lowest BCUT2D eigenvalue weighted by atomic mass is 9.82. The lowest BCUT2D eigenvalue weighted by Crippen LogP contribution is -2.54. The molecule has 0 spiro atoms. The summed E-state index contributed by atoms with van der Waals surface area (Å²) in [7, 11) is 0. The Hall–Kier alpha value is -4.43. The number of rotatable bonds is 26. The number of nitrogens with zero attached hydrogens (tertiary/aromatic N) is 1. The summed E-state index contributed by atoms with van der Waals surface area (Å²) in [5.41, 5.74) is -2.53. The third-order valence-electron chi connectivity index (χ3n) is 8.91. The monoisotopic (exact) mass is 764 g/mol. The van der Waals surface area contributed by atoms with Gasteiger partial charge in [-0.25, -0.2) is 9.78 Å². The zero-order chi connectivity index (χ0) is 40.7. The predicted molar refractivity (Wildman–Crippen MR) is 212 cm³/mol. The number of nitrogens with one attached hydrogen (secondary N) is 1. The lowest BCUT2D eigenvalue weighted by molar-refractivity contribution is -0.186. The van der Waals surface area contributed by atoms with E-state index in [1.807, 2.05) is 24.3 Å². The number of amides is 1. The Morgan fingerprint density at radius 3 is 2.22 bits per heavy atom. The van der Waals surface area contributed by atoms with Gasteiger partial charge >= 0.3 is 11.9 Å². The number of aryl methyl sites for hydroxylation is 1. The number of carbonyl (C=O) groups excluding carboxylic acids is 4. The maximum Gasteiger partial charge on any atom is 0.339 e. The van der Waals surface area contributed by atoms with Crippen molar-refractivity contribution >= 4 is 23.6 Å². The van der Waals surface area contributed by atoms with Crippen LogP contribution in [0.3, 0.4) is 0 Å². The van der Waals surface area contributed by atoms with Gasteiger partial charge in [0.25, 0.3) is 0 Å². The SMILES string of the molecule is CC#CCOc1ccc(C[C@H](NC(=O)[C@@H](/C=C/CCCCCCC(=O)CCCCCCC)[C@@](O)(CCOC(C)=O)C(=O)OC(C)(C)C)c2ncc(C)o2)cc1. The Labute approximate surface area is 328 Å². The summed E-state index contributed by atoms with van der Waals surface area (Å²) >= 11 is 0. The van der Waals surface area contributed by atoms with Crippen LogP contribution in [0.4, 0.5) is 0 Å². The van der Waals surface area contributed by atoms with Gasteiger partial charge in [0, 0.05) is 32.6 Å². The second kappa shape index (κ2) is 24.9. The van der Waals surface area contributed by atoms with E-state index < -0.39 is 41.0 Å². The van der Waals surface area contributed by atoms with Crippen LogP contribution in [0.5, 0.6) is 5.75 Å². The molecule has 1 amide bonds. The fourth-order valence-electron chi connectivity index (χ4n) is 5.93. The molecule has 304 valence electrons. The minimum atomic E-state index is -2.39. The van der Waals surface area contributed by atoms with Crippen molar-refractivity contribution in [1.29, 1.82) is 0 Å². The van der Waals surface area contributed by atoms with Gasteiger partial charge in [-0.3, -0.25) is 14.4 Å². The first kappa shape index (κ1) is 46.7. The highest BCUT2D eigenvalue weighted by Crippen LogP contribution is 2.30. The van der Waals surface area contributed by atoms with Crippen LogP contribution in [-0.4, -0.2) is 58.1 Å². The summed E-state index contributed by atoms with van der Waals surface area (Å²) in [6.45, 7) is 11.8.